The number of nitrogens with zero attached hydrogens (tertiary/aromatic N) is 1. The maximum absolute atomic E-state index is 12.3. The first kappa shape index (κ1) is 13.6. The average Bonchev–Trinajstić information content (AvgIpc) is 2.89. The number of carbonyl (C=O) groups excluding carboxylic acids is 1. The average molecular weight is 382 g/mol. The van der Waals surface area contributed by atoms with Crippen LogP contribution in [0, 0.1) is 10.5 Å². The third kappa shape index (κ3) is 2.71. The molecule has 0 bridgehead atoms. The smallest absolute Gasteiger partial charge is 0.241 e. The summed E-state index contributed by atoms with van der Waals surface area (Å²) in [4.78, 5) is 19.6. The number of imidazole rings is 1. The van der Waals surface area contributed by atoms with Crippen molar-refractivity contribution in [2.75, 3.05) is 5.32 Å². The molecule has 1 aliphatic rings. The number of nitrogens with one attached hydrogen (secondary N) is 3. The van der Waals surface area contributed by atoms with Gasteiger partial charge in [-0.1, -0.05) is 0 Å². The van der Waals surface area contributed by atoms with Crippen molar-refractivity contribution in [2.45, 2.75) is 25.9 Å². The molecule has 2 aromatic rings. The summed E-state index contributed by atoms with van der Waals surface area (Å²) < 4.78 is 1.16. The monoisotopic (exact) mass is 382 g/mol. The maximum Gasteiger partial charge on any atom is 0.241 e. The number of amides is 1. The number of aromatic amines is 1. The van der Waals surface area contributed by atoms with Gasteiger partial charge >= 0.3 is 0 Å². The highest BCUT2D eigenvalue weighted by Gasteiger charge is 2.25. The molecule has 3 N–H and O–H groups in total. The first-order chi connectivity index (χ1) is 9.63. The molecule has 1 atom stereocenters. The molecule has 1 aromatic heterocycles. The topological polar surface area (TPSA) is 69.8 Å². The highest BCUT2D eigenvalue weighted by atomic mass is 127. The van der Waals surface area contributed by atoms with E-state index in [0.717, 1.165) is 26.2 Å². The van der Waals surface area contributed by atoms with Crippen molar-refractivity contribution < 1.29 is 4.79 Å². The van der Waals surface area contributed by atoms with Crippen LogP contribution < -0.4 is 10.6 Å². The normalized spacial score (nSPS) is 17.6. The second-order valence-corrected chi connectivity index (χ2v) is 6.16. The van der Waals surface area contributed by atoms with Crippen LogP contribution in [-0.2, 0) is 17.8 Å². The fourth-order valence-corrected chi connectivity index (χ4v) is 2.99. The number of hydrogen-bond donors (Lipinski definition) is 3. The number of aryl methyl sites for hydroxylation is 1. The molecule has 1 aliphatic heterocycles. The molecule has 0 radical (unpaired) electrons. The Morgan fingerprint density at radius 2 is 2.35 bits per heavy atom. The number of aromatic nitrogens is 2. The second-order valence-electron chi connectivity index (χ2n) is 4.91. The van der Waals surface area contributed by atoms with E-state index in [9.17, 15) is 4.79 Å². The van der Waals surface area contributed by atoms with Gasteiger partial charge in [0.25, 0.3) is 0 Å². The molecule has 3 rings (SSSR count). The second kappa shape index (κ2) is 5.53. The number of H-pyrrole nitrogens is 1. The molecule has 5 nitrogen and oxygen atoms in total. The number of carbonyl (C=O) groups is 1. The molecule has 1 aromatic carbocycles. The first-order valence-electron chi connectivity index (χ1n) is 6.45. The van der Waals surface area contributed by atoms with Crippen molar-refractivity contribution in [2.24, 2.45) is 0 Å². The molecule has 104 valence electrons. The van der Waals surface area contributed by atoms with Crippen LogP contribution in [0.3, 0.4) is 0 Å². The minimum Gasteiger partial charge on any atom is -0.347 e. The van der Waals surface area contributed by atoms with E-state index in [1.807, 2.05) is 19.1 Å². The van der Waals surface area contributed by atoms with E-state index in [1.54, 1.807) is 6.33 Å². The predicted octanol–water partition coefficient (Wildman–Crippen LogP) is 1.98. The van der Waals surface area contributed by atoms with Crippen molar-refractivity contribution in [3.8, 4) is 0 Å². The molecular weight excluding hydrogens is 367 g/mol. The van der Waals surface area contributed by atoms with E-state index >= 15 is 0 Å². The van der Waals surface area contributed by atoms with Gasteiger partial charge in [0, 0.05) is 22.2 Å². The number of benzene rings is 1. The minimum absolute atomic E-state index is 0.0111. The molecule has 0 spiro atoms. The van der Waals surface area contributed by atoms with E-state index in [-0.39, 0.29) is 11.9 Å². The molecule has 0 saturated carbocycles. The van der Waals surface area contributed by atoms with Gasteiger partial charge in [-0.25, -0.2) is 4.98 Å². The zero-order valence-electron chi connectivity index (χ0n) is 11.0. The predicted molar refractivity (Wildman–Crippen MR) is 85.4 cm³/mol. The van der Waals surface area contributed by atoms with Gasteiger partial charge in [-0.3, -0.25) is 10.1 Å². The van der Waals surface area contributed by atoms with Crippen molar-refractivity contribution in [1.29, 1.82) is 0 Å². The lowest BCUT2D eigenvalue weighted by atomic mass is 10.0. The Bertz CT molecular complexity index is 652. The fourth-order valence-electron chi connectivity index (χ4n) is 2.34. The van der Waals surface area contributed by atoms with Crippen LogP contribution in [0.1, 0.15) is 17.0 Å². The van der Waals surface area contributed by atoms with Crippen LogP contribution in [-0.4, -0.2) is 21.9 Å². The lowest BCUT2D eigenvalue weighted by Gasteiger charge is -2.22. The number of halogens is 1. The van der Waals surface area contributed by atoms with Crippen LogP contribution in [0.15, 0.2) is 24.5 Å². The number of rotatable bonds is 2. The van der Waals surface area contributed by atoms with Gasteiger partial charge in [-0.2, -0.15) is 0 Å². The number of hydrogen-bond acceptors (Lipinski definition) is 3. The summed E-state index contributed by atoms with van der Waals surface area (Å²) in [5.41, 5.74) is 3.98. The van der Waals surface area contributed by atoms with Gasteiger partial charge in [-0.15, -0.1) is 0 Å². The van der Waals surface area contributed by atoms with Gasteiger partial charge in [0.1, 0.15) is 0 Å². The molecule has 0 saturated heterocycles. The molecule has 6 heteroatoms. The highest BCUT2D eigenvalue weighted by molar-refractivity contribution is 14.1. The Labute approximate surface area is 130 Å². The third-order valence-electron chi connectivity index (χ3n) is 3.49. The third-order valence-corrected chi connectivity index (χ3v) is 4.16. The quantitative estimate of drug-likeness (QED) is 0.696. The van der Waals surface area contributed by atoms with Gasteiger partial charge < -0.3 is 10.3 Å². The first-order valence-corrected chi connectivity index (χ1v) is 7.53. The summed E-state index contributed by atoms with van der Waals surface area (Å²) in [5.74, 6) is -0.0111. The fraction of sp³-hybridized carbons (Fsp3) is 0.286. The van der Waals surface area contributed by atoms with Crippen LogP contribution in [0.25, 0.3) is 0 Å². The van der Waals surface area contributed by atoms with Gasteiger partial charge in [0.2, 0.25) is 5.91 Å². The lowest BCUT2D eigenvalue weighted by Crippen LogP contribution is -2.44. The van der Waals surface area contributed by atoms with Crippen LogP contribution >= 0.6 is 22.6 Å². The Morgan fingerprint density at radius 1 is 1.50 bits per heavy atom. The summed E-state index contributed by atoms with van der Waals surface area (Å²) >= 11 is 2.26. The van der Waals surface area contributed by atoms with Gasteiger partial charge in [-0.05, 0) is 53.3 Å². The summed E-state index contributed by atoms with van der Waals surface area (Å²) in [6.07, 6.45) is 2.30. The standard InChI is InChI=1S/C14H15IN4O/c1-8-4-9(15)2-3-10(8)19-14(20)12-5-11-13(6-16-12)18-7-17-11/h2-4,7,12,16H,5-6H2,1H3,(H,17,18)(H,19,20). The summed E-state index contributed by atoms with van der Waals surface area (Å²) in [6.45, 7) is 2.65. The number of fused-ring (bicyclic) bond motifs is 1. The van der Waals surface area contributed by atoms with Crippen molar-refractivity contribution >= 4 is 34.2 Å². The SMILES string of the molecule is Cc1cc(I)ccc1NC(=O)C1Cc2nc[nH]c2CN1. The molecule has 1 amide bonds. The van der Waals surface area contributed by atoms with E-state index < -0.39 is 0 Å². The Kier molecular flexibility index (Phi) is 3.75. The number of anilines is 1. The Balaban J connectivity index is 1.71. The summed E-state index contributed by atoms with van der Waals surface area (Å²) in [7, 11) is 0. The van der Waals surface area contributed by atoms with Crippen molar-refractivity contribution in [3.05, 3.63) is 45.0 Å². The zero-order valence-corrected chi connectivity index (χ0v) is 13.2. The van der Waals surface area contributed by atoms with E-state index in [4.69, 9.17) is 0 Å². The van der Waals surface area contributed by atoms with Crippen molar-refractivity contribution in [1.82, 2.24) is 15.3 Å². The highest BCUT2D eigenvalue weighted by Crippen LogP contribution is 2.19. The summed E-state index contributed by atoms with van der Waals surface area (Å²) in [6, 6.07) is 5.75. The zero-order chi connectivity index (χ0) is 14.1. The lowest BCUT2D eigenvalue weighted by molar-refractivity contribution is -0.118. The Morgan fingerprint density at radius 3 is 3.15 bits per heavy atom. The largest absolute Gasteiger partial charge is 0.347 e. The van der Waals surface area contributed by atoms with Crippen LogP contribution in [0.2, 0.25) is 0 Å². The molecule has 2 heterocycles. The van der Waals surface area contributed by atoms with Gasteiger partial charge in [0.15, 0.2) is 0 Å². The molecule has 0 fully saturated rings. The van der Waals surface area contributed by atoms with Crippen molar-refractivity contribution in [3.63, 3.8) is 0 Å². The van der Waals surface area contributed by atoms with Gasteiger partial charge in [0.05, 0.1) is 23.8 Å². The minimum atomic E-state index is -0.232. The van der Waals surface area contributed by atoms with Crippen LogP contribution in [0.4, 0.5) is 5.69 Å². The van der Waals surface area contributed by atoms with E-state index in [1.165, 1.54) is 0 Å². The molecule has 0 aliphatic carbocycles. The Hall–Kier alpha value is -1.41. The van der Waals surface area contributed by atoms with E-state index in [2.05, 4.69) is 49.3 Å². The van der Waals surface area contributed by atoms with Crippen LogP contribution in [0.5, 0.6) is 0 Å². The molecule has 1 unspecified atom stereocenters. The molecule has 20 heavy (non-hydrogen) atoms. The molecular formula is C14H15IN4O. The maximum atomic E-state index is 12.3. The summed E-state index contributed by atoms with van der Waals surface area (Å²) in [5, 5.41) is 6.21. The van der Waals surface area contributed by atoms with E-state index in [0.29, 0.717) is 13.0 Å².